The third-order valence-electron chi connectivity index (χ3n) is 5.64. The van der Waals surface area contributed by atoms with Crippen LogP contribution in [0.25, 0.3) is 10.9 Å². The molecule has 0 aliphatic carbocycles. The third kappa shape index (κ3) is 4.57. The van der Waals surface area contributed by atoms with Crippen LogP contribution in [0.1, 0.15) is 17.2 Å². The van der Waals surface area contributed by atoms with E-state index in [-0.39, 0.29) is 6.54 Å². The first kappa shape index (κ1) is 21.0. The zero-order chi connectivity index (χ0) is 22.0. The topological polar surface area (TPSA) is 98.9 Å². The van der Waals surface area contributed by atoms with Crippen LogP contribution in [-0.2, 0) is 22.7 Å². The molecule has 9 heteroatoms. The molecule has 162 valence electrons. The van der Waals surface area contributed by atoms with Crippen molar-refractivity contribution in [3.63, 3.8) is 0 Å². The van der Waals surface area contributed by atoms with Crippen molar-refractivity contribution in [2.45, 2.75) is 19.1 Å². The van der Waals surface area contributed by atoms with Crippen LogP contribution in [-0.4, -0.2) is 67.7 Å². The molecule has 1 aromatic carbocycles. The molecule has 0 amide bonds. The number of aromatic nitrogens is 2. The molecule has 3 aromatic rings. The molecule has 2 N–H and O–H groups in total. The summed E-state index contributed by atoms with van der Waals surface area (Å²) < 4.78 is 15.2. The monoisotopic (exact) mass is 426 g/mol. The molecule has 1 atom stereocenters. The summed E-state index contributed by atoms with van der Waals surface area (Å²) in [6, 6.07) is 7.02. The second-order valence-corrected chi connectivity index (χ2v) is 7.68. The fourth-order valence-corrected chi connectivity index (χ4v) is 4.20. The van der Waals surface area contributed by atoms with E-state index in [2.05, 4.69) is 9.88 Å². The molecule has 1 fully saturated rings. The molecule has 2 aromatic heterocycles. The van der Waals surface area contributed by atoms with Crippen LogP contribution in [0.15, 0.2) is 48.9 Å². The number of halogens is 1. The van der Waals surface area contributed by atoms with Gasteiger partial charge in [-0.15, -0.1) is 0 Å². The summed E-state index contributed by atoms with van der Waals surface area (Å²) in [6.07, 6.45) is 5.03. The van der Waals surface area contributed by atoms with Crippen LogP contribution in [0.3, 0.4) is 0 Å². The summed E-state index contributed by atoms with van der Waals surface area (Å²) in [5.41, 5.74) is 2.00. The van der Waals surface area contributed by atoms with Gasteiger partial charge in [0.2, 0.25) is 0 Å². The van der Waals surface area contributed by atoms with Crippen molar-refractivity contribution in [1.82, 2.24) is 19.4 Å². The van der Waals surface area contributed by atoms with Gasteiger partial charge in [-0.05, 0) is 35.9 Å². The highest BCUT2D eigenvalue weighted by molar-refractivity contribution is 5.90. The zero-order valence-corrected chi connectivity index (χ0v) is 16.8. The zero-order valence-electron chi connectivity index (χ0n) is 16.8. The van der Waals surface area contributed by atoms with Crippen molar-refractivity contribution in [3.8, 4) is 0 Å². The smallest absolute Gasteiger partial charge is 0.325 e. The summed E-state index contributed by atoms with van der Waals surface area (Å²) in [6.45, 7) is 2.91. The lowest BCUT2D eigenvalue weighted by Crippen LogP contribution is -2.48. The summed E-state index contributed by atoms with van der Waals surface area (Å²) >= 11 is 0. The van der Waals surface area contributed by atoms with Crippen molar-refractivity contribution in [2.24, 2.45) is 0 Å². The number of nitrogens with zero attached hydrogens (tertiary/aromatic N) is 4. The molecular formula is C22H23FN4O4. The van der Waals surface area contributed by atoms with Gasteiger partial charge in [0.25, 0.3) is 0 Å². The summed E-state index contributed by atoms with van der Waals surface area (Å²) in [4.78, 5) is 31.7. The largest absolute Gasteiger partial charge is 0.480 e. The Morgan fingerprint density at radius 3 is 2.42 bits per heavy atom. The molecule has 1 aliphatic rings. The first-order valence-corrected chi connectivity index (χ1v) is 10.0. The number of fused-ring (bicyclic) bond motifs is 1. The van der Waals surface area contributed by atoms with Gasteiger partial charge in [0.15, 0.2) is 0 Å². The highest BCUT2D eigenvalue weighted by Gasteiger charge is 2.33. The van der Waals surface area contributed by atoms with Crippen molar-refractivity contribution in [1.29, 1.82) is 0 Å². The van der Waals surface area contributed by atoms with E-state index < -0.39 is 23.8 Å². The molecule has 3 heterocycles. The molecule has 1 saturated heterocycles. The SMILES string of the molecule is O=C(O)Cn1cc(C(C(=O)O)N2CCN(Cc3ccncc3)CC2)c2ccc(F)cc21. The molecular weight excluding hydrogens is 403 g/mol. The van der Waals surface area contributed by atoms with Gasteiger partial charge in [0.1, 0.15) is 18.4 Å². The lowest BCUT2D eigenvalue weighted by Gasteiger charge is -2.37. The third-order valence-corrected chi connectivity index (χ3v) is 5.64. The van der Waals surface area contributed by atoms with Gasteiger partial charge in [-0.1, -0.05) is 0 Å². The second-order valence-electron chi connectivity index (χ2n) is 7.68. The van der Waals surface area contributed by atoms with Gasteiger partial charge in [0, 0.05) is 62.3 Å². The Morgan fingerprint density at radius 1 is 1.06 bits per heavy atom. The molecule has 0 radical (unpaired) electrons. The minimum Gasteiger partial charge on any atom is -0.480 e. The van der Waals surface area contributed by atoms with E-state index in [1.165, 1.54) is 29.0 Å². The number of rotatable bonds is 7. The lowest BCUT2D eigenvalue weighted by molar-refractivity contribution is -0.144. The Hall–Kier alpha value is -3.30. The Bertz CT molecular complexity index is 1090. The fourth-order valence-electron chi connectivity index (χ4n) is 4.20. The van der Waals surface area contributed by atoms with Gasteiger partial charge < -0.3 is 14.8 Å². The number of hydrogen-bond acceptors (Lipinski definition) is 5. The Morgan fingerprint density at radius 2 is 1.77 bits per heavy atom. The van der Waals surface area contributed by atoms with Crippen LogP contribution in [0.4, 0.5) is 4.39 Å². The number of piperazine rings is 1. The molecule has 1 unspecified atom stereocenters. The molecule has 1 aliphatic heterocycles. The summed E-state index contributed by atoms with van der Waals surface area (Å²) in [7, 11) is 0. The van der Waals surface area contributed by atoms with Crippen LogP contribution >= 0.6 is 0 Å². The highest BCUT2D eigenvalue weighted by Crippen LogP contribution is 2.32. The van der Waals surface area contributed by atoms with E-state index in [4.69, 9.17) is 0 Å². The van der Waals surface area contributed by atoms with Gasteiger partial charge in [-0.2, -0.15) is 0 Å². The number of carboxylic acids is 2. The molecule has 0 spiro atoms. The van der Waals surface area contributed by atoms with Gasteiger partial charge >= 0.3 is 11.9 Å². The average Bonchev–Trinajstić information content (AvgIpc) is 3.06. The van der Waals surface area contributed by atoms with E-state index in [1.54, 1.807) is 12.4 Å². The number of aliphatic carboxylic acids is 2. The summed E-state index contributed by atoms with van der Waals surface area (Å²) in [5.74, 6) is -2.59. The van der Waals surface area contributed by atoms with Crippen LogP contribution in [0, 0.1) is 5.82 Å². The maximum absolute atomic E-state index is 13.8. The van der Waals surface area contributed by atoms with Gasteiger partial charge in [0.05, 0.1) is 5.52 Å². The van der Waals surface area contributed by atoms with Gasteiger partial charge in [-0.25, -0.2) is 4.39 Å². The van der Waals surface area contributed by atoms with Crippen molar-refractivity contribution >= 4 is 22.8 Å². The molecule has 31 heavy (non-hydrogen) atoms. The predicted octanol–water partition coefficient (Wildman–Crippen LogP) is 2.20. The first-order chi connectivity index (χ1) is 14.9. The van der Waals surface area contributed by atoms with Crippen LogP contribution in [0.5, 0.6) is 0 Å². The minimum absolute atomic E-state index is 0.369. The second kappa shape index (κ2) is 8.83. The predicted molar refractivity (Wildman–Crippen MR) is 111 cm³/mol. The van der Waals surface area contributed by atoms with E-state index in [1.807, 2.05) is 17.0 Å². The molecule has 8 nitrogen and oxygen atoms in total. The molecule has 0 bridgehead atoms. The minimum atomic E-state index is -1.08. The number of carboxylic acid groups (broad SMARTS) is 2. The lowest BCUT2D eigenvalue weighted by atomic mass is 10.0. The number of pyridine rings is 1. The first-order valence-electron chi connectivity index (χ1n) is 10.0. The average molecular weight is 426 g/mol. The van der Waals surface area contributed by atoms with Crippen molar-refractivity contribution in [3.05, 3.63) is 65.9 Å². The number of hydrogen-bond donors (Lipinski definition) is 2. The van der Waals surface area contributed by atoms with E-state index in [9.17, 15) is 24.2 Å². The molecule has 0 saturated carbocycles. The van der Waals surface area contributed by atoms with E-state index >= 15 is 0 Å². The van der Waals surface area contributed by atoms with Crippen molar-refractivity contribution in [2.75, 3.05) is 26.2 Å². The normalized spacial score (nSPS) is 16.4. The van der Waals surface area contributed by atoms with Crippen molar-refractivity contribution < 1.29 is 24.2 Å². The fraction of sp³-hybridized carbons (Fsp3) is 0.318. The molecule has 4 rings (SSSR count). The van der Waals surface area contributed by atoms with E-state index in [0.29, 0.717) is 42.6 Å². The maximum Gasteiger partial charge on any atom is 0.325 e. The Labute approximate surface area is 178 Å². The highest BCUT2D eigenvalue weighted by atomic mass is 19.1. The van der Waals surface area contributed by atoms with Crippen LogP contribution < -0.4 is 0 Å². The van der Waals surface area contributed by atoms with E-state index in [0.717, 1.165) is 12.1 Å². The van der Waals surface area contributed by atoms with Crippen LogP contribution in [0.2, 0.25) is 0 Å². The number of benzene rings is 1. The number of carbonyl (C=O) groups is 2. The standard InChI is InChI=1S/C22H23FN4O4/c23-16-1-2-17-18(13-27(14-20(28)29)19(17)11-16)21(22(30)31)26-9-7-25(8-10-26)12-15-3-5-24-6-4-15/h1-6,11,13,21H,7-10,12,14H2,(H,28,29)(H,30,31). The Kier molecular flexibility index (Phi) is 5.97. The quantitative estimate of drug-likeness (QED) is 0.598. The maximum atomic E-state index is 13.8. The Balaban J connectivity index is 1.58. The summed E-state index contributed by atoms with van der Waals surface area (Å²) in [5, 5.41) is 19.8. The van der Waals surface area contributed by atoms with Gasteiger partial charge in [-0.3, -0.25) is 24.4 Å².